The molecule has 0 aromatic rings. The van der Waals surface area contributed by atoms with Gasteiger partial charge in [0.25, 0.3) is 0 Å². The van der Waals surface area contributed by atoms with Crippen LogP contribution in [0.1, 0.15) is 27.2 Å². The first-order valence-electron chi connectivity index (χ1n) is 3.27. The van der Waals surface area contributed by atoms with Crippen LogP contribution in [0.15, 0.2) is 0 Å². The van der Waals surface area contributed by atoms with E-state index in [9.17, 15) is 4.57 Å². The minimum absolute atomic E-state index is 0.00766. The van der Waals surface area contributed by atoms with Crippen LogP contribution < -0.4 is 0 Å². The quantitative estimate of drug-likeness (QED) is 0.649. The lowest BCUT2D eigenvalue weighted by molar-refractivity contribution is 0.167. The Bertz CT molecular complexity index is 122. The van der Waals surface area contributed by atoms with Gasteiger partial charge < -0.3 is 0 Å². The van der Waals surface area contributed by atoms with E-state index in [2.05, 4.69) is 4.52 Å². The first-order chi connectivity index (χ1) is 4.48. The summed E-state index contributed by atoms with van der Waals surface area (Å²) >= 11 is 0. The van der Waals surface area contributed by atoms with Gasteiger partial charge in [-0.05, 0) is 11.8 Å². The third-order valence-electron chi connectivity index (χ3n) is 1.52. The average molecular weight is 165 g/mol. The van der Waals surface area contributed by atoms with Crippen molar-refractivity contribution < 1.29 is 14.0 Å². The van der Waals surface area contributed by atoms with E-state index in [1.165, 1.54) is 0 Å². The molecule has 4 heteroatoms. The normalized spacial score (nSPS) is 13.4. The Kier molecular flexibility index (Phi) is 4.02. The van der Waals surface area contributed by atoms with Crippen LogP contribution in [0.2, 0.25) is 0 Å². The summed E-state index contributed by atoms with van der Waals surface area (Å²) in [6.07, 6.45) is 0.941. The molecule has 0 aromatic carbocycles. The topological polar surface area (TPSA) is 46.5 Å². The van der Waals surface area contributed by atoms with Crippen molar-refractivity contribution in [1.82, 2.24) is 0 Å². The monoisotopic (exact) mass is 165 g/mol. The summed E-state index contributed by atoms with van der Waals surface area (Å²) in [6.45, 7) is 6.35. The van der Waals surface area contributed by atoms with E-state index in [1.807, 2.05) is 20.8 Å². The molecule has 1 unspecified atom stereocenters. The predicted molar refractivity (Wildman–Crippen MR) is 39.8 cm³/mol. The van der Waals surface area contributed by atoms with Gasteiger partial charge in [-0.25, -0.2) is 4.57 Å². The SMILES string of the molecule is CCC(C)(C)CO[P](=O)O. The van der Waals surface area contributed by atoms with Gasteiger partial charge in [0.1, 0.15) is 0 Å². The zero-order valence-electron chi connectivity index (χ0n) is 6.63. The molecule has 0 aliphatic carbocycles. The van der Waals surface area contributed by atoms with Crippen molar-refractivity contribution in [2.24, 2.45) is 5.41 Å². The molecule has 0 heterocycles. The molecule has 1 atom stereocenters. The lowest BCUT2D eigenvalue weighted by Gasteiger charge is -2.20. The zero-order chi connectivity index (χ0) is 8.20. The van der Waals surface area contributed by atoms with Crippen LogP contribution >= 0.6 is 8.25 Å². The second-order valence-electron chi connectivity index (χ2n) is 3.03. The number of hydrogen-bond acceptors (Lipinski definition) is 2. The zero-order valence-corrected chi connectivity index (χ0v) is 7.52. The van der Waals surface area contributed by atoms with Crippen LogP contribution in [-0.2, 0) is 9.09 Å². The average Bonchev–Trinajstić information content (AvgIpc) is 1.85. The van der Waals surface area contributed by atoms with Gasteiger partial charge in [-0.2, -0.15) is 0 Å². The highest BCUT2D eigenvalue weighted by Gasteiger charge is 2.16. The highest BCUT2D eigenvalue weighted by Crippen LogP contribution is 2.25. The largest absolute Gasteiger partial charge is 0.366 e. The van der Waals surface area contributed by atoms with Crippen molar-refractivity contribution in [1.29, 1.82) is 0 Å². The van der Waals surface area contributed by atoms with Gasteiger partial charge in [0.05, 0.1) is 6.61 Å². The van der Waals surface area contributed by atoms with Crippen molar-refractivity contribution in [3.63, 3.8) is 0 Å². The van der Waals surface area contributed by atoms with Crippen LogP contribution in [0, 0.1) is 5.41 Å². The Balaban J connectivity index is 3.56. The molecule has 0 saturated heterocycles. The fourth-order valence-electron chi connectivity index (χ4n) is 0.332. The van der Waals surface area contributed by atoms with Crippen molar-refractivity contribution in [2.45, 2.75) is 27.2 Å². The summed E-state index contributed by atoms with van der Waals surface area (Å²) in [4.78, 5) is 8.30. The van der Waals surface area contributed by atoms with Crippen LogP contribution in [0.5, 0.6) is 0 Å². The van der Waals surface area contributed by atoms with E-state index in [0.29, 0.717) is 6.61 Å². The Labute approximate surface area is 62.3 Å². The van der Waals surface area contributed by atoms with E-state index in [-0.39, 0.29) is 5.41 Å². The molecule has 1 radical (unpaired) electrons. The van der Waals surface area contributed by atoms with Gasteiger partial charge in [-0.15, -0.1) is 0 Å². The van der Waals surface area contributed by atoms with Crippen LogP contribution in [0.3, 0.4) is 0 Å². The van der Waals surface area contributed by atoms with Gasteiger partial charge in [0.15, 0.2) is 0 Å². The lowest BCUT2D eigenvalue weighted by atomic mass is 9.92. The first-order valence-corrected chi connectivity index (χ1v) is 4.40. The maximum absolute atomic E-state index is 10.1. The molecule has 1 N–H and O–H groups in total. The first kappa shape index (κ1) is 10.0. The summed E-state index contributed by atoms with van der Waals surface area (Å²) in [7, 11) is -2.42. The summed E-state index contributed by atoms with van der Waals surface area (Å²) in [5, 5.41) is 0. The Morgan fingerprint density at radius 3 is 2.40 bits per heavy atom. The standard InChI is InChI=1S/C6H14O3P/c1-4-6(2,3)5-9-10(7)8/h4-5H2,1-3H3,(H,7,8). The van der Waals surface area contributed by atoms with E-state index in [1.54, 1.807) is 0 Å². The van der Waals surface area contributed by atoms with Crippen molar-refractivity contribution in [2.75, 3.05) is 6.61 Å². The van der Waals surface area contributed by atoms with Gasteiger partial charge in [0, 0.05) is 0 Å². The molecular formula is C6H14O3P. The van der Waals surface area contributed by atoms with Gasteiger partial charge in [-0.3, -0.25) is 9.42 Å². The third-order valence-corrected chi connectivity index (χ3v) is 1.87. The molecule has 0 aromatic heterocycles. The summed E-state index contributed by atoms with van der Waals surface area (Å²) < 4.78 is 14.7. The van der Waals surface area contributed by atoms with Gasteiger partial charge >= 0.3 is 8.25 Å². The number of rotatable bonds is 4. The highest BCUT2D eigenvalue weighted by molar-refractivity contribution is 7.32. The smallest absolute Gasteiger partial charge is 0.298 e. The Hall–Kier alpha value is 0.0200. The molecule has 0 aliphatic heterocycles. The molecule has 0 fully saturated rings. The maximum Gasteiger partial charge on any atom is 0.366 e. The minimum atomic E-state index is -2.42. The number of hydrogen-bond donors (Lipinski definition) is 1. The molecule has 0 bridgehead atoms. The maximum atomic E-state index is 10.1. The fraction of sp³-hybridized carbons (Fsp3) is 1.00. The molecule has 0 rings (SSSR count). The van der Waals surface area contributed by atoms with E-state index >= 15 is 0 Å². The van der Waals surface area contributed by atoms with Crippen molar-refractivity contribution in [3.8, 4) is 0 Å². The highest BCUT2D eigenvalue weighted by atomic mass is 31.1. The Morgan fingerprint density at radius 1 is 1.60 bits per heavy atom. The predicted octanol–water partition coefficient (Wildman–Crippen LogP) is 2.09. The van der Waals surface area contributed by atoms with Crippen LogP contribution in [-0.4, -0.2) is 11.5 Å². The molecule has 0 spiro atoms. The second kappa shape index (κ2) is 4.02. The van der Waals surface area contributed by atoms with E-state index < -0.39 is 8.25 Å². The molecular weight excluding hydrogens is 151 g/mol. The summed E-state index contributed by atoms with van der Waals surface area (Å²) in [5.41, 5.74) is 0.00766. The molecule has 10 heavy (non-hydrogen) atoms. The molecule has 3 nitrogen and oxygen atoms in total. The van der Waals surface area contributed by atoms with Gasteiger partial charge in [0.2, 0.25) is 0 Å². The van der Waals surface area contributed by atoms with E-state index in [4.69, 9.17) is 4.89 Å². The van der Waals surface area contributed by atoms with Crippen molar-refractivity contribution >= 4 is 8.25 Å². The van der Waals surface area contributed by atoms with Crippen molar-refractivity contribution in [3.05, 3.63) is 0 Å². The van der Waals surface area contributed by atoms with Gasteiger partial charge in [-0.1, -0.05) is 20.8 Å². The molecule has 61 valence electrons. The fourth-order valence-corrected chi connectivity index (χ4v) is 0.792. The van der Waals surface area contributed by atoms with Crippen LogP contribution in [0.4, 0.5) is 0 Å². The minimum Gasteiger partial charge on any atom is -0.298 e. The summed E-state index contributed by atoms with van der Waals surface area (Å²) in [6, 6.07) is 0. The molecule has 0 amide bonds. The lowest BCUT2D eigenvalue weighted by Crippen LogP contribution is -2.15. The molecule has 0 saturated carbocycles. The third kappa shape index (κ3) is 4.86. The van der Waals surface area contributed by atoms with E-state index in [0.717, 1.165) is 6.42 Å². The Morgan fingerprint density at radius 2 is 2.10 bits per heavy atom. The van der Waals surface area contributed by atoms with Crippen LogP contribution in [0.25, 0.3) is 0 Å². The molecule has 0 aliphatic rings. The second-order valence-corrected chi connectivity index (χ2v) is 3.76. The summed E-state index contributed by atoms with van der Waals surface area (Å²) in [5.74, 6) is 0.